The number of fused-ring (bicyclic) bond motifs is 3. The first-order chi connectivity index (χ1) is 10.9. The van der Waals surface area contributed by atoms with Gasteiger partial charge >= 0.3 is 0 Å². The average molecular weight is 375 g/mol. The highest BCUT2D eigenvalue weighted by Gasteiger charge is 2.05. The number of halogens is 1. The first-order valence-electron chi connectivity index (χ1n) is 8.34. The molecule has 0 saturated carbocycles. The maximum absolute atomic E-state index is 3.50. The molecule has 0 spiro atoms. The molecule has 0 N–H and O–H groups in total. The molecule has 3 rings (SSSR count). The third kappa shape index (κ3) is 3.91. The first-order valence-corrected chi connectivity index (χ1v) is 10.3. The number of unbranched alkanes of at least 4 members (excludes halogenated alkanes) is 5. The van der Waals surface area contributed by atoms with Crippen LogP contribution < -0.4 is 0 Å². The molecule has 0 amide bonds. The third-order valence-corrected chi connectivity index (χ3v) is 6.00. The molecular weight excluding hydrogens is 352 g/mol. The highest BCUT2D eigenvalue weighted by molar-refractivity contribution is 9.09. The molecule has 0 fully saturated rings. The van der Waals surface area contributed by atoms with Crippen LogP contribution in [-0.4, -0.2) is 5.33 Å². The second-order valence-corrected chi connectivity index (χ2v) is 7.87. The van der Waals surface area contributed by atoms with Crippen molar-refractivity contribution in [1.29, 1.82) is 0 Å². The Kier molecular flexibility index (Phi) is 5.91. The molecule has 0 atom stereocenters. The molecule has 2 heteroatoms. The van der Waals surface area contributed by atoms with E-state index < -0.39 is 0 Å². The lowest BCUT2D eigenvalue weighted by molar-refractivity contribution is 0.610. The van der Waals surface area contributed by atoms with Gasteiger partial charge in [0.2, 0.25) is 0 Å². The van der Waals surface area contributed by atoms with Crippen LogP contribution in [0, 0.1) is 0 Å². The molecule has 0 aliphatic heterocycles. The zero-order valence-corrected chi connectivity index (χ0v) is 15.4. The van der Waals surface area contributed by atoms with Crippen LogP contribution in [0.2, 0.25) is 0 Å². The predicted octanol–water partition coefficient (Wildman–Crippen LogP) is 7.33. The fourth-order valence-electron chi connectivity index (χ4n) is 3.06. The van der Waals surface area contributed by atoms with Crippen molar-refractivity contribution in [2.75, 3.05) is 5.33 Å². The van der Waals surface area contributed by atoms with Crippen molar-refractivity contribution in [2.24, 2.45) is 0 Å². The molecule has 1 heterocycles. The molecule has 116 valence electrons. The lowest BCUT2D eigenvalue weighted by Crippen LogP contribution is -1.86. The second-order valence-electron chi connectivity index (χ2n) is 5.99. The first kappa shape index (κ1) is 16.0. The van der Waals surface area contributed by atoms with E-state index in [9.17, 15) is 0 Å². The third-order valence-electron chi connectivity index (χ3n) is 4.29. The summed E-state index contributed by atoms with van der Waals surface area (Å²) in [6.45, 7) is 0. The van der Waals surface area contributed by atoms with E-state index in [1.807, 2.05) is 11.3 Å². The monoisotopic (exact) mass is 374 g/mol. The van der Waals surface area contributed by atoms with Crippen molar-refractivity contribution in [3.8, 4) is 0 Å². The summed E-state index contributed by atoms with van der Waals surface area (Å²) in [4.78, 5) is 0. The molecule has 0 unspecified atom stereocenters. The summed E-state index contributed by atoms with van der Waals surface area (Å²) in [6, 6.07) is 15.8. The SMILES string of the molecule is BrCCCCCCCCc1ccc2sc3ccccc3c2c1. The Balaban J connectivity index is 1.59. The van der Waals surface area contributed by atoms with Crippen LogP contribution >= 0.6 is 27.3 Å². The van der Waals surface area contributed by atoms with E-state index in [2.05, 4.69) is 58.4 Å². The number of alkyl halides is 1. The fraction of sp³-hybridized carbons (Fsp3) is 0.400. The molecule has 0 saturated heterocycles. The van der Waals surface area contributed by atoms with Crippen LogP contribution in [0.3, 0.4) is 0 Å². The van der Waals surface area contributed by atoms with Gasteiger partial charge in [-0.1, -0.05) is 65.9 Å². The minimum absolute atomic E-state index is 1.15. The van der Waals surface area contributed by atoms with Crippen molar-refractivity contribution < 1.29 is 0 Å². The summed E-state index contributed by atoms with van der Waals surface area (Å²) >= 11 is 5.40. The molecule has 0 nitrogen and oxygen atoms in total. The summed E-state index contributed by atoms with van der Waals surface area (Å²) in [5, 5.41) is 4.01. The topological polar surface area (TPSA) is 0 Å². The molecule has 1 aromatic heterocycles. The van der Waals surface area contributed by atoms with Gasteiger partial charge in [0.1, 0.15) is 0 Å². The Morgan fingerprint density at radius 1 is 0.727 bits per heavy atom. The minimum atomic E-state index is 1.15. The molecular formula is C20H23BrS. The highest BCUT2D eigenvalue weighted by atomic mass is 79.9. The number of benzene rings is 2. The summed E-state index contributed by atoms with van der Waals surface area (Å²) in [7, 11) is 0. The van der Waals surface area contributed by atoms with Crippen molar-refractivity contribution in [3.05, 3.63) is 48.0 Å². The fourth-order valence-corrected chi connectivity index (χ4v) is 4.54. The van der Waals surface area contributed by atoms with Gasteiger partial charge in [-0.3, -0.25) is 0 Å². The Labute approximate surface area is 145 Å². The number of rotatable bonds is 8. The number of thiophene rings is 1. The van der Waals surface area contributed by atoms with Crippen molar-refractivity contribution in [3.63, 3.8) is 0 Å². The Morgan fingerprint density at radius 2 is 1.45 bits per heavy atom. The molecule has 0 radical (unpaired) electrons. The van der Waals surface area contributed by atoms with Gasteiger partial charge in [-0.15, -0.1) is 11.3 Å². The highest BCUT2D eigenvalue weighted by Crippen LogP contribution is 2.34. The number of aryl methyl sites for hydroxylation is 1. The van der Waals surface area contributed by atoms with Crippen molar-refractivity contribution in [1.82, 2.24) is 0 Å². The minimum Gasteiger partial charge on any atom is -0.135 e. The van der Waals surface area contributed by atoms with Gasteiger partial charge in [-0.05, 0) is 43.0 Å². The van der Waals surface area contributed by atoms with Gasteiger partial charge in [0.25, 0.3) is 0 Å². The lowest BCUT2D eigenvalue weighted by atomic mass is 10.0. The molecule has 22 heavy (non-hydrogen) atoms. The molecule has 2 aromatic carbocycles. The van der Waals surface area contributed by atoms with Crippen molar-refractivity contribution in [2.45, 2.75) is 44.9 Å². The summed E-state index contributed by atoms with van der Waals surface area (Å²) in [5.41, 5.74) is 1.50. The van der Waals surface area contributed by atoms with Crippen LogP contribution in [0.1, 0.15) is 44.1 Å². The van der Waals surface area contributed by atoms with E-state index in [1.165, 1.54) is 70.7 Å². The Hall–Kier alpha value is -0.860. The lowest BCUT2D eigenvalue weighted by Gasteiger charge is -2.03. The normalized spacial score (nSPS) is 11.5. The van der Waals surface area contributed by atoms with E-state index >= 15 is 0 Å². The van der Waals surface area contributed by atoms with Crippen LogP contribution in [-0.2, 0) is 6.42 Å². The van der Waals surface area contributed by atoms with Crippen molar-refractivity contribution >= 4 is 47.4 Å². The molecule has 3 aromatic rings. The smallest absolute Gasteiger partial charge is 0.0355 e. The summed E-state index contributed by atoms with van der Waals surface area (Å²) in [5.74, 6) is 0. The standard InChI is InChI=1S/C20H23BrS/c21-14-8-4-2-1-3-5-9-16-12-13-20-18(15-16)17-10-6-7-11-19(17)22-20/h6-7,10-13,15H,1-5,8-9,14H2. The van der Waals surface area contributed by atoms with E-state index in [0.717, 1.165) is 5.33 Å². The van der Waals surface area contributed by atoms with Gasteiger partial charge in [0.05, 0.1) is 0 Å². The van der Waals surface area contributed by atoms with Gasteiger partial charge < -0.3 is 0 Å². The number of hydrogen-bond donors (Lipinski definition) is 0. The van der Waals surface area contributed by atoms with Gasteiger partial charge in [0.15, 0.2) is 0 Å². The molecule has 0 bridgehead atoms. The van der Waals surface area contributed by atoms with Gasteiger partial charge in [-0.2, -0.15) is 0 Å². The molecule has 0 aliphatic rings. The van der Waals surface area contributed by atoms with E-state index in [1.54, 1.807) is 0 Å². The van der Waals surface area contributed by atoms with Crippen LogP contribution in [0.5, 0.6) is 0 Å². The number of hydrogen-bond acceptors (Lipinski definition) is 1. The van der Waals surface area contributed by atoms with E-state index in [-0.39, 0.29) is 0 Å². The van der Waals surface area contributed by atoms with Crippen LogP contribution in [0.15, 0.2) is 42.5 Å². The maximum Gasteiger partial charge on any atom is 0.0355 e. The Bertz CT molecular complexity index is 729. The zero-order chi connectivity index (χ0) is 15.2. The molecule has 0 aliphatic carbocycles. The average Bonchev–Trinajstić information content (AvgIpc) is 2.92. The van der Waals surface area contributed by atoms with E-state index in [4.69, 9.17) is 0 Å². The summed E-state index contributed by atoms with van der Waals surface area (Å²) in [6.07, 6.45) is 9.38. The van der Waals surface area contributed by atoms with Gasteiger partial charge in [-0.25, -0.2) is 0 Å². The quantitative estimate of drug-likeness (QED) is 0.285. The second kappa shape index (κ2) is 8.12. The van der Waals surface area contributed by atoms with Gasteiger partial charge in [0, 0.05) is 25.5 Å². The predicted molar refractivity (Wildman–Crippen MR) is 105 cm³/mol. The summed E-state index contributed by atoms with van der Waals surface area (Å²) < 4.78 is 2.82. The van der Waals surface area contributed by atoms with Crippen LogP contribution in [0.4, 0.5) is 0 Å². The maximum atomic E-state index is 3.50. The largest absolute Gasteiger partial charge is 0.135 e. The Morgan fingerprint density at radius 3 is 2.32 bits per heavy atom. The zero-order valence-electron chi connectivity index (χ0n) is 13.0. The van der Waals surface area contributed by atoms with E-state index in [0.29, 0.717) is 0 Å². The van der Waals surface area contributed by atoms with Crippen LogP contribution in [0.25, 0.3) is 20.2 Å².